The first kappa shape index (κ1) is 14.0. The second-order valence-corrected chi connectivity index (χ2v) is 4.45. The van der Waals surface area contributed by atoms with E-state index in [2.05, 4.69) is 0 Å². The van der Waals surface area contributed by atoms with E-state index in [-0.39, 0.29) is 0 Å². The Morgan fingerprint density at radius 3 is 2.20 bits per heavy atom. The van der Waals surface area contributed by atoms with Crippen LogP contribution in [0.3, 0.4) is 0 Å². The Bertz CT molecular complexity index is 658. The van der Waals surface area contributed by atoms with Crippen LogP contribution < -0.4 is 4.74 Å². The lowest BCUT2D eigenvalue weighted by atomic mass is 10.1. The molecule has 0 saturated carbocycles. The summed E-state index contributed by atoms with van der Waals surface area (Å²) >= 11 is 0. The molecule has 2 rings (SSSR count). The van der Waals surface area contributed by atoms with Gasteiger partial charge in [0.1, 0.15) is 5.75 Å². The maximum Gasteiger partial charge on any atom is 0.335 e. The van der Waals surface area contributed by atoms with E-state index in [1.807, 2.05) is 13.0 Å². The van der Waals surface area contributed by atoms with Crippen molar-refractivity contribution in [3.8, 4) is 11.5 Å². The largest absolute Gasteiger partial charge is 0.478 e. The molecule has 1 N–H and O–H groups in total. The molecule has 0 atom stereocenters. The zero-order chi connectivity index (χ0) is 14.9. The molecule has 0 aliphatic rings. The molecule has 2 aromatic carbocycles. The molecule has 0 fully saturated rings. The monoisotopic (exact) mass is 278 g/mol. The van der Waals surface area contributed by atoms with Crippen LogP contribution in [0.15, 0.2) is 30.3 Å². The van der Waals surface area contributed by atoms with E-state index < -0.39 is 28.9 Å². The fourth-order valence-electron chi connectivity index (χ4n) is 1.80. The molecule has 0 saturated heterocycles. The van der Waals surface area contributed by atoms with Gasteiger partial charge < -0.3 is 9.84 Å². The summed E-state index contributed by atoms with van der Waals surface area (Å²) in [6, 6.07) is 6.63. The number of rotatable bonds is 3. The number of hydrogen-bond donors (Lipinski definition) is 1. The van der Waals surface area contributed by atoms with Crippen molar-refractivity contribution >= 4 is 5.97 Å². The number of aryl methyl sites for hydroxylation is 2. The Morgan fingerprint density at radius 1 is 1.10 bits per heavy atom. The van der Waals surface area contributed by atoms with Crippen molar-refractivity contribution in [1.82, 2.24) is 0 Å². The topological polar surface area (TPSA) is 46.5 Å². The van der Waals surface area contributed by atoms with Crippen LogP contribution in [0.1, 0.15) is 21.5 Å². The van der Waals surface area contributed by atoms with Crippen molar-refractivity contribution in [2.45, 2.75) is 13.8 Å². The highest BCUT2D eigenvalue weighted by Crippen LogP contribution is 2.30. The van der Waals surface area contributed by atoms with Gasteiger partial charge in [0.15, 0.2) is 17.4 Å². The van der Waals surface area contributed by atoms with Crippen molar-refractivity contribution in [2.75, 3.05) is 0 Å². The smallest absolute Gasteiger partial charge is 0.335 e. The SMILES string of the molecule is Cc1ccc(Oc2c(F)cc(C(=O)O)cc2F)c(C)c1. The number of carbonyl (C=O) groups is 1. The second kappa shape index (κ2) is 5.28. The standard InChI is InChI=1S/C15H12F2O3/c1-8-3-4-13(9(2)5-8)20-14-11(16)6-10(15(18)19)7-12(14)17/h3-7H,1-2H3,(H,18,19). The summed E-state index contributed by atoms with van der Waals surface area (Å²) in [5, 5.41) is 8.71. The molecule has 0 heterocycles. The van der Waals surface area contributed by atoms with Crippen LogP contribution in [0.4, 0.5) is 8.78 Å². The molecule has 0 aliphatic carbocycles. The quantitative estimate of drug-likeness (QED) is 0.920. The van der Waals surface area contributed by atoms with Crippen LogP contribution >= 0.6 is 0 Å². The van der Waals surface area contributed by atoms with Crippen molar-refractivity contribution in [1.29, 1.82) is 0 Å². The number of ether oxygens (including phenoxy) is 1. The first-order valence-corrected chi connectivity index (χ1v) is 5.86. The van der Waals surface area contributed by atoms with Crippen LogP contribution in [-0.4, -0.2) is 11.1 Å². The van der Waals surface area contributed by atoms with E-state index in [0.29, 0.717) is 5.75 Å². The zero-order valence-electron chi connectivity index (χ0n) is 10.9. The number of halogens is 2. The zero-order valence-corrected chi connectivity index (χ0v) is 10.9. The number of hydrogen-bond acceptors (Lipinski definition) is 2. The minimum Gasteiger partial charge on any atom is -0.478 e. The normalized spacial score (nSPS) is 10.4. The number of carboxylic acids is 1. The van der Waals surface area contributed by atoms with Crippen molar-refractivity contribution in [2.24, 2.45) is 0 Å². The molecule has 2 aromatic rings. The predicted octanol–water partition coefficient (Wildman–Crippen LogP) is 4.07. The Kier molecular flexibility index (Phi) is 3.70. The molecule has 0 radical (unpaired) electrons. The summed E-state index contributed by atoms with van der Waals surface area (Å²) < 4.78 is 32.7. The molecule has 5 heteroatoms. The lowest BCUT2D eigenvalue weighted by Gasteiger charge is -2.11. The van der Waals surface area contributed by atoms with E-state index in [1.54, 1.807) is 19.1 Å². The first-order chi connectivity index (χ1) is 9.38. The second-order valence-electron chi connectivity index (χ2n) is 4.45. The Morgan fingerprint density at radius 2 is 1.70 bits per heavy atom. The van der Waals surface area contributed by atoms with Crippen molar-refractivity contribution < 1.29 is 23.4 Å². The summed E-state index contributed by atoms with van der Waals surface area (Å²) in [6.07, 6.45) is 0. The fourth-order valence-corrected chi connectivity index (χ4v) is 1.80. The van der Waals surface area contributed by atoms with E-state index in [4.69, 9.17) is 9.84 Å². The lowest BCUT2D eigenvalue weighted by Crippen LogP contribution is -2.01. The predicted molar refractivity (Wildman–Crippen MR) is 69.3 cm³/mol. The molecule has 0 amide bonds. The van der Waals surface area contributed by atoms with Gasteiger partial charge in [0.25, 0.3) is 0 Å². The minimum absolute atomic E-state index is 0.316. The average molecular weight is 278 g/mol. The van der Waals surface area contributed by atoms with Gasteiger partial charge in [-0.25, -0.2) is 13.6 Å². The lowest BCUT2D eigenvalue weighted by molar-refractivity contribution is 0.0695. The van der Waals surface area contributed by atoms with E-state index >= 15 is 0 Å². The molecule has 0 aliphatic heterocycles. The van der Waals surface area contributed by atoms with Gasteiger partial charge in [-0.1, -0.05) is 17.7 Å². The first-order valence-electron chi connectivity index (χ1n) is 5.86. The van der Waals surface area contributed by atoms with Gasteiger partial charge in [0.05, 0.1) is 5.56 Å². The maximum atomic E-state index is 13.7. The number of benzene rings is 2. The molecule has 20 heavy (non-hydrogen) atoms. The molecular weight excluding hydrogens is 266 g/mol. The van der Waals surface area contributed by atoms with E-state index in [1.165, 1.54) is 0 Å². The highest BCUT2D eigenvalue weighted by Gasteiger charge is 2.17. The van der Waals surface area contributed by atoms with Gasteiger partial charge in [-0.15, -0.1) is 0 Å². The molecule has 0 bridgehead atoms. The summed E-state index contributed by atoms with van der Waals surface area (Å²) in [4.78, 5) is 10.7. The summed E-state index contributed by atoms with van der Waals surface area (Å²) in [5.41, 5.74) is 1.26. The number of carboxylic acid groups (broad SMARTS) is 1. The summed E-state index contributed by atoms with van der Waals surface area (Å²) in [5.74, 6) is -3.80. The van der Waals surface area contributed by atoms with E-state index in [0.717, 1.165) is 23.3 Å². The molecule has 3 nitrogen and oxygen atoms in total. The Balaban J connectivity index is 2.41. The van der Waals surface area contributed by atoms with Gasteiger partial charge in [-0.05, 0) is 37.6 Å². The van der Waals surface area contributed by atoms with Gasteiger partial charge in [-0.2, -0.15) is 0 Å². The third-order valence-electron chi connectivity index (χ3n) is 2.79. The Hall–Kier alpha value is -2.43. The van der Waals surface area contributed by atoms with Crippen LogP contribution in [-0.2, 0) is 0 Å². The molecule has 104 valence electrons. The van der Waals surface area contributed by atoms with Gasteiger partial charge >= 0.3 is 5.97 Å². The highest BCUT2D eigenvalue weighted by molar-refractivity contribution is 5.87. The summed E-state index contributed by atoms with van der Waals surface area (Å²) in [6.45, 7) is 3.64. The molecule has 0 spiro atoms. The van der Waals surface area contributed by atoms with Crippen LogP contribution in [0.2, 0.25) is 0 Å². The van der Waals surface area contributed by atoms with Crippen molar-refractivity contribution in [3.63, 3.8) is 0 Å². The summed E-state index contributed by atoms with van der Waals surface area (Å²) in [7, 11) is 0. The third-order valence-corrected chi connectivity index (χ3v) is 2.79. The average Bonchev–Trinajstić information content (AvgIpc) is 2.35. The Labute approximate surface area is 114 Å². The van der Waals surface area contributed by atoms with Gasteiger partial charge in [-0.3, -0.25) is 0 Å². The van der Waals surface area contributed by atoms with E-state index in [9.17, 15) is 13.6 Å². The molecular formula is C15H12F2O3. The number of aromatic carboxylic acids is 1. The maximum absolute atomic E-state index is 13.7. The van der Waals surface area contributed by atoms with Gasteiger partial charge in [0, 0.05) is 0 Å². The molecule has 0 unspecified atom stereocenters. The van der Waals surface area contributed by atoms with Crippen LogP contribution in [0.5, 0.6) is 11.5 Å². The third kappa shape index (κ3) is 2.77. The fraction of sp³-hybridized carbons (Fsp3) is 0.133. The minimum atomic E-state index is -1.40. The van der Waals surface area contributed by atoms with Crippen LogP contribution in [0.25, 0.3) is 0 Å². The molecule has 0 aromatic heterocycles. The van der Waals surface area contributed by atoms with Crippen molar-refractivity contribution in [3.05, 3.63) is 58.7 Å². The highest BCUT2D eigenvalue weighted by atomic mass is 19.1. The van der Waals surface area contributed by atoms with Gasteiger partial charge in [0.2, 0.25) is 0 Å². The van der Waals surface area contributed by atoms with Crippen LogP contribution in [0, 0.1) is 25.5 Å².